The Bertz CT molecular complexity index is 974. The number of sulfonamides is 1. The van der Waals surface area contributed by atoms with Gasteiger partial charge in [-0.15, -0.1) is 0 Å². The molecule has 0 aliphatic carbocycles. The van der Waals surface area contributed by atoms with Gasteiger partial charge in [0, 0.05) is 18.8 Å². The van der Waals surface area contributed by atoms with E-state index in [2.05, 4.69) is 9.71 Å². The van der Waals surface area contributed by atoms with Gasteiger partial charge in [-0.3, -0.25) is 0 Å². The largest absolute Gasteiger partial charge is 0.494 e. The predicted molar refractivity (Wildman–Crippen MR) is 102 cm³/mol. The number of hydrogen-bond acceptors (Lipinski definition) is 5. The van der Waals surface area contributed by atoms with Crippen molar-refractivity contribution in [3.8, 4) is 17.4 Å². The zero-order chi connectivity index (χ0) is 19.1. The van der Waals surface area contributed by atoms with Crippen molar-refractivity contribution in [2.45, 2.75) is 18.4 Å². The maximum absolute atomic E-state index is 12.3. The highest BCUT2D eigenvalue weighted by Crippen LogP contribution is 2.23. The maximum Gasteiger partial charge on any atom is 0.240 e. The van der Waals surface area contributed by atoms with Gasteiger partial charge in [0.1, 0.15) is 11.5 Å². The molecular weight excluding hydrogens is 364 g/mol. The maximum atomic E-state index is 12.3. The molecule has 0 bridgehead atoms. The van der Waals surface area contributed by atoms with E-state index >= 15 is 0 Å². The van der Waals surface area contributed by atoms with Gasteiger partial charge in [0.2, 0.25) is 15.9 Å². The summed E-state index contributed by atoms with van der Waals surface area (Å²) in [6.45, 7) is 2.66. The molecule has 0 unspecified atom stereocenters. The Morgan fingerprint density at radius 3 is 2.37 bits per heavy atom. The number of hydrogen-bond donors (Lipinski definition) is 1. The summed E-state index contributed by atoms with van der Waals surface area (Å²) in [5.74, 6) is 1.77. The lowest BCUT2D eigenvalue weighted by Gasteiger charge is -2.09. The number of benzene rings is 2. The molecule has 0 radical (unpaired) electrons. The first-order valence-electron chi connectivity index (χ1n) is 8.47. The smallest absolute Gasteiger partial charge is 0.240 e. The molecule has 0 spiro atoms. The van der Waals surface area contributed by atoms with Crippen LogP contribution < -0.4 is 14.2 Å². The second-order valence-corrected chi connectivity index (χ2v) is 7.41. The Kier molecular flexibility index (Phi) is 6.05. The van der Waals surface area contributed by atoms with E-state index < -0.39 is 10.0 Å². The summed E-state index contributed by atoms with van der Waals surface area (Å²) in [6.07, 6.45) is 1.58. The van der Waals surface area contributed by atoms with E-state index in [9.17, 15) is 8.42 Å². The third-order valence-corrected chi connectivity index (χ3v) is 5.09. The molecule has 0 saturated carbocycles. The van der Waals surface area contributed by atoms with Crippen LogP contribution in [0.2, 0.25) is 0 Å². The summed E-state index contributed by atoms with van der Waals surface area (Å²) in [5, 5.41) is 0. The SMILES string of the molecule is CCOc1ccc(Oc2cc(CNS(=O)(=O)c3ccccc3)ccn2)cc1. The first-order valence-corrected chi connectivity index (χ1v) is 9.95. The molecule has 0 aliphatic heterocycles. The molecule has 0 fully saturated rings. The van der Waals surface area contributed by atoms with Gasteiger partial charge < -0.3 is 9.47 Å². The van der Waals surface area contributed by atoms with Crippen LogP contribution in [0.3, 0.4) is 0 Å². The number of ether oxygens (including phenoxy) is 2. The average Bonchev–Trinajstić information content (AvgIpc) is 2.69. The first kappa shape index (κ1) is 18.9. The van der Waals surface area contributed by atoms with Gasteiger partial charge in [-0.2, -0.15) is 0 Å². The number of nitrogens with one attached hydrogen (secondary N) is 1. The fourth-order valence-electron chi connectivity index (χ4n) is 2.37. The molecule has 1 N–H and O–H groups in total. The molecule has 140 valence electrons. The van der Waals surface area contributed by atoms with E-state index in [0.717, 1.165) is 11.3 Å². The number of aromatic nitrogens is 1. The number of rotatable bonds is 8. The third kappa shape index (κ3) is 5.29. The topological polar surface area (TPSA) is 77.5 Å². The minimum atomic E-state index is -3.57. The molecule has 1 heterocycles. The van der Waals surface area contributed by atoms with Crippen LogP contribution >= 0.6 is 0 Å². The zero-order valence-corrected chi connectivity index (χ0v) is 15.6. The molecule has 0 saturated heterocycles. The molecule has 0 aliphatic rings. The normalized spacial score (nSPS) is 11.1. The highest BCUT2D eigenvalue weighted by Gasteiger charge is 2.13. The quantitative estimate of drug-likeness (QED) is 0.640. The highest BCUT2D eigenvalue weighted by atomic mass is 32.2. The van der Waals surface area contributed by atoms with Crippen molar-refractivity contribution < 1.29 is 17.9 Å². The van der Waals surface area contributed by atoms with Gasteiger partial charge in [0.25, 0.3) is 0 Å². The second kappa shape index (κ2) is 8.66. The number of pyridine rings is 1. The van der Waals surface area contributed by atoms with Gasteiger partial charge >= 0.3 is 0 Å². The van der Waals surface area contributed by atoms with Crippen LogP contribution in [-0.2, 0) is 16.6 Å². The summed E-state index contributed by atoms with van der Waals surface area (Å²) in [6, 6.07) is 18.9. The van der Waals surface area contributed by atoms with E-state index in [4.69, 9.17) is 9.47 Å². The van der Waals surface area contributed by atoms with Crippen molar-refractivity contribution in [2.75, 3.05) is 6.61 Å². The Balaban J connectivity index is 1.65. The molecule has 3 rings (SSSR count). The van der Waals surface area contributed by atoms with Crippen molar-refractivity contribution in [1.82, 2.24) is 9.71 Å². The van der Waals surface area contributed by atoms with Crippen molar-refractivity contribution >= 4 is 10.0 Å². The molecule has 1 aromatic heterocycles. The van der Waals surface area contributed by atoms with E-state index in [1.54, 1.807) is 60.8 Å². The fraction of sp³-hybridized carbons (Fsp3) is 0.150. The van der Waals surface area contributed by atoms with Crippen LogP contribution in [0.4, 0.5) is 0 Å². The lowest BCUT2D eigenvalue weighted by Crippen LogP contribution is -2.23. The van der Waals surface area contributed by atoms with Crippen LogP contribution in [0.5, 0.6) is 17.4 Å². The molecule has 7 heteroatoms. The van der Waals surface area contributed by atoms with Crippen molar-refractivity contribution in [1.29, 1.82) is 0 Å². The van der Waals surface area contributed by atoms with Crippen molar-refractivity contribution in [2.24, 2.45) is 0 Å². The lowest BCUT2D eigenvalue weighted by atomic mass is 10.3. The second-order valence-electron chi connectivity index (χ2n) is 5.65. The minimum absolute atomic E-state index is 0.138. The first-order chi connectivity index (χ1) is 13.1. The van der Waals surface area contributed by atoms with Crippen LogP contribution in [0.25, 0.3) is 0 Å². The Hall–Kier alpha value is -2.90. The standard InChI is InChI=1S/C20H20N2O4S/c1-2-25-17-8-10-18(11-9-17)26-20-14-16(12-13-21-20)15-22-27(23,24)19-6-4-3-5-7-19/h3-14,22H,2,15H2,1H3. The molecule has 3 aromatic rings. The van der Waals surface area contributed by atoms with Gasteiger partial charge in [0.05, 0.1) is 11.5 Å². The molecule has 0 amide bonds. The van der Waals surface area contributed by atoms with Crippen molar-refractivity contribution in [3.63, 3.8) is 0 Å². The van der Waals surface area contributed by atoms with Gasteiger partial charge in [-0.1, -0.05) is 18.2 Å². The monoisotopic (exact) mass is 384 g/mol. The van der Waals surface area contributed by atoms with Gasteiger partial charge in [0.15, 0.2) is 0 Å². The molecule has 27 heavy (non-hydrogen) atoms. The predicted octanol–water partition coefficient (Wildman–Crippen LogP) is 3.75. The summed E-state index contributed by atoms with van der Waals surface area (Å²) in [5.41, 5.74) is 0.741. The zero-order valence-electron chi connectivity index (χ0n) is 14.8. The molecule has 0 atom stereocenters. The van der Waals surface area contributed by atoms with Crippen LogP contribution in [0, 0.1) is 0 Å². The Morgan fingerprint density at radius 2 is 1.67 bits per heavy atom. The Labute approximate surface area is 158 Å². The lowest BCUT2D eigenvalue weighted by molar-refractivity contribution is 0.339. The van der Waals surface area contributed by atoms with E-state index in [1.165, 1.54) is 0 Å². The number of nitrogens with zero attached hydrogens (tertiary/aromatic N) is 1. The summed E-state index contributed by atoms with van der Waals surface area (Å²) in [7, 11) is -3.57. The summed E-state index contributed by atoms with van der Waals surface area (Å²) >= 11 is 0. The molecular formula is C20H20N2O4S. The minimum Gasteiger partial charge on any atom is -0.494 e. The Morgan fingerprint density at radius 1 is 0.963 bits per heavy atom. The van der Waals surface area contributed by atoms with E-state index in [1.807, 2.05) is 19.1 Å². The molecule has 2 aromatic carbocycles. The summed E-state index contributed by atoms with van der Waals surface area (Å²) in [4.78, 5) is 4.39. The summed E-state index contributed by atoms with van der Waals surface area (Å²) < 4.78 is 38.3. The highest BCUT2D eigenvalue weighted by molar-refractivity contribution is 7.89. The third-order valence-electron chi connectivity index (χ3n) is 3.68. The van der Waals surface area contributed by atoms with E-state index in [-0.39, 0.29) is 11.4 Å². The van der Waals surface area contributed by atoms with Crippen molar-refractivity contribution in [3.05, 3.63) is 78.5 Å². The van der Waals surface area contributed by atoms with E-state index in [0.29, 0.717) is 18.2 Å². The van der Waals surface area contributed by atoms with Crippen LogP contribution in [0.15, 0.2) is 77.8 Å². The van der Waals surface area contributed by atoms with Crippen LogP contribution in [-0.4, -0.2) is 20.0 Å². The van der Waals surface area contributed by atoms with Gasteiger partial charge in [-0.25, -0.2) is 18.1 Å². The average molecular weight is 384 g/mol. The molecule has 6 nitrogen and oxygen atoms in total. The van der Waals surface area contributed by atoms with Gasteiger partial charge in [-0.05, 0) is 55.0 Å². The fourth-order valence-corrected chi connectivity index (χ4v) is 3.41. The van der Waals surface area contributed by atoms with Crippen LogP contribution in [0.1, 0.15) is 12.5 Å².